The van der Waals surface area contributed by atoms with Crippen molar-refractivity contribution in [2.75, 3.05) is 19.5 Å². The highest BCUT2D eigenvalue weighted by atomic mass is 16.6. The highest BCUT2D eigenvalue weighted by molar-refractivity contribution is 5.94. The van der Waals surface area contributed by atoms with Gasteiger partial charge in [0.1, 0.15) is 17.0 Å². The van der Waals surface area contributed by atoms with Gasteiger partial charge in [-0.25, -0.2) is 4.79 Å². The number of nitrogens with zero attached hydrogens (tertiary/aromatic N) is 1. The first kappa shape index (κ1) is 16.3. The Morgan fingerprint density at radius 1 is 1.22 bits per heavy atom. The smallest absolute Gasteiger partial charge is 0.341 e. The fourth-order valence-electron chi connectivity index (χ4n) is 2.09. The van der Waals surface area contributed by atoms with Gasteiger partial charge in [-0.3, -0.25) is 10.1 Å². The van der Waals surface area contributed by atoms with Crippen molar-refractivity contribution in [3.8, 4) is 5.75 Å². The van der Waals surface area contributed by atoms with Gasteiger partial charge < -0.3 is 14.8 Å². The van der Waals surface area contributed by atoms with Crippen molar-refractivity contribution < 1.29 is 19.2 Å². The molecule has 0 heterocycles. The van der Waals surface area contributed by atoms with Crippen LogP contribution in [0.2, 0.25) is 0 Å². The van der Waals surface area contributed by atoms with Crippen LogP contribution in [0.1, 0.15) is 15.9 Å². The van der Waals surface area contributed by atoms with Crippen molar-refractivity contribution >= 4 is 17.3 Å². The summed E-state index contributed by atoms with van der Waals surface area (Å²) in [5, 5.41) is 14.3. The molecule has 7 nitrogen and oxygen atoms in total. The minimum atomic E-state index is -0.695. The van der Waals surface area contributed by atoms with E-state index < -0.39 is 10.9 Å². The van der Waals surface area contributed by atoms with Gasteiger partial charge in [0.2, 0.25) is 0 Å². The molecule has 0 aliphatic rings. The number of benzene rings is 2. The number of nitro benzene ring substituents is 1. The van der Waals surface area contributed by atoms with Gasteiger partial charge in [-0.1, -0.05) is 30.3 Å². The van der Waals surface area contributed by atoms with Crippen molar-refractivity contribution in [1.82, 2.24) is 0 Å². The van der Waals surface area contributed by atoms with Crippen LogP contribution in [0.3, 0.4) is 0 Å². The third-order valence-corrected chi connectivity index (χ3v) is 3.25. The predicted octanol–water partition coefficient (Wildman–Crippen LogP) is 3.00. The van der Waals surface area contributed by atoms with Crippen LogP contribution in [0.5, 0.6) is 5.75 Å². The maximum absolute atomic E-state index is 11.7. The summed E-state index contributed by atoms with van der Waals surface area (Å²) in [6.45, 7) is 0.405. The Bertz CT molecular complexity index is 716. The van der Waals surface area contributed by atoms with E-state index in [9.17, 15) is 14.9 Å². The highest BCUT2D eigenvalue weighted by Gasteiger charge is 2.23. The fraction of sp³-hybridized carbons (Fsp3) is 0.188. The molecule has 0 atom stereocenters. The SMILES string of the molecule is COC(=O)c1cc([N+](=O)[O-])c(NCc2ccccc2)cc1OC. The molecule has 0 radical (unpaired) electrons. The maximum Gasteiger partial charge on any atom is 0.341 e. The van der Waals surface area contributed by atoms with Gasteiger partial charge in [0.05, 0.1) is 19.1 Å². The van der Waals surface area contributed by atoms with Crippen LogP contribution in [0.25, 0.3) is 0 Å². The first-order valence-electron chi connectivity index (χ1n) is 6.79. The minimum absolute atomic E-state index is 0.00645. The predicted molar refractivity (Wildman–Crippen MR) is 84.8 cm³/mol. The number of hydrogen-bond donors (Lipinski definition) is 1. The van der Waals surface area contributed by atoms with Crippen molar-refractivity contribution in [2.45, 2.75) is 6.54 Å². The molecule has 0 aromatic heterocycles. The lowest BCUT2D eigenvalue weighted by molar-refractivity contribution is -0.384. The molecular weight excluding hydrogens is 300 g/mol. The van der Waals surface area contributed by atoms with E-state index in [2.05, 4.69) is 10.1 Å². The van der Waals surface area contributed by atoms with Crippen LogP contribution >= 0.6 is 0 Å². The molecule has 2 rings (SSSR count). The molecule has 0 fully saturated rings. The third-order valence-electron chi connectivity index (χ3n) is 3.25. The standard InChI is InChI=1S/C16H16N2O5/c1-22-15-9-13(17-10-11-6-4-3-5-7-11)14(18(20)21)8-12(15)16(19)23-2/h3-9,17H,10H2,1-2H3. The van der Waals surface area contributed by atoms with Crippen LogP contribution in [-0.4, -0.2) is 25.1 Å². The Morgan fingerprint density at radius 2 is 1.91 bits per heavy atom. The first-order chi connectivity index (χ1) is 11.1. The summed E-state index contributed by atoms with van der Waals surface area (Å²) in [6.07, 6.45) is 0. The number of anilines is 1. The second-order valence-electron chi connectivity index (χ2n) is 4.66. The van der Waals surface area contributed by atoms with E-state index in [1.165, 1.54) is 20.3 Å². The molecule has 7 heteroatoms. The third kappa shape index (κ3) is 3.76. The number of rotatable bonds is 6. The minimum Gasteiger partial charge on any atom is -0.496 e. The van der Waals surface area contributed by atoms with Gasteiger partial charge in [0.25, 0.3) is 5.69 Å². The molecule has 1 N–H and O–H groups in total. The number of nitrogens with one attached hydrogen (secondary N) is 1. The van der Waals surface area contributed by atoms with Gasteiger partial charge in [0.15, 0.2) is 0 Å². The quantitative estimate of drug-likeness (QED) is 0.500. The highest BCUT2D eigenvalue weighted by Crippen LogP contribution is 2.33. The summed E-state index contributed by atoms with van der Waals surface area (Å²) >= 11 is 0. The molecule has 0 unspecified atom stereocenters. The van der Waals surface area contributed by atoms with Gasteiger partial charge in [0, 0.05) is 18.7 Å². The number of hydrogen-bond acceptors (Lipinski definition) is 6. The lowest BCUT2D eigenvalue weighted by atomic mass is 10.1. The molecule has 23 heavy (non-hydrogen) atoms. The number of carbonyl (C=O) groups is 1. The average Bonchev–Trinajstić information content (AvgIpc) is 2.59. The normalized spacial score (nSPS) is 10.0. The Hall–Kier alpha value is -3.09. The van der Waals surface area contributed by atoms with Crippen molar-refractivity contribution in [3.63, 3.8) is 0 Å². The Labute approximate surface area is 133 Å². The van der Waals surface area contributed by atoms with Crippen molar-refractivity contribution in [1.29, 1.82) is 0 Å². The Balaban J connectivity index is 2.37. The summed E-state index contributed by atoms with van der Waals surface area (Å²) < 4.78 is 9.75. The summed E-state index contributed by atoms with van der Waals surface area (Å²) in [5.74, 6) is -0.488. The van der Waals surface area contributed by atoms with E-state index in [0.29, 0.717) is 6.54 Å². The Morgan fingerprint density at radius 3 is 2.48 bits per heavy atom. The van der Waals surface area contributed by atoms with E-state index >= 15 is 0 Å². The van der Waals surface area contributed by atoms with Crippen LogP contribution < -0.4 is 10.1 Å². The molecule has 0 saturated heterocycles. The number of carbonyl (C=O) groups excluding carboxylic acids is 1. The fourth-order valence-corrected chi connectivity index (χ4v) is 2.09. The average molecular weight is 316 g/mol. The molecule has 2 aromatic carbocycles. The number of ether oxygens (including phenoxy) is 2. The second-order valence-corrected chi connectivity index (χ2v) is 4.66. The van der Waals surface area contributed by atoms with Crippen LogP contribution in [0.4, 0.5) is 11.4 Å². The zero-order chi connectivity index (χ0) is 16.8. The molecule has 0 aliphatic heterocycles. The van der Waals surface area contributed by atoms with E-state index in [1.54, 1.807) is 0 Å². The molecule has 0 aliphatic carbocycles. The molecule has 0 spiro atoms. The molecule has 2 aromatic rings. The van der Waals surface area contributed by atoms with E-state index in [0.717, 1.165) is 11.6 Å². The first-order valence-corrected chi connectivity index (χ1v) is 6.79. The Kier molecular flexibility index (Phi) is 5.14. The van der Waals surface area contributed by atoms with Gasteiger partial charge in [-0.05, 0) is 5.56 Å². The van der Waals surface area contributed by atoms with Crippen molar-refractivity contribution in [2.24, 2.45) is 0 Å². The molecular formula is C16H16N2O5. The molecule has 0 saturated carbocycles. The van der Waals surface area contributed by atoms with Gasteiger partial charge in [-0.15, -0.1) is 0 Å². The van der Waals surface area contributed by atoms with Crippen LogP contribution in [0.15, 0.2) is 42.5 Å². The van der Waals surface area contributed by atoms with E-state index in [-0.39, 0.29) is 22.7 Å². The van der Waals surface area contributed by atoms with E-state index in [4.69, 9.17) is 4.74 Å². The van der Waals surface area contributed by atoms with Crippen LogP contribution in [0, 0.1) is 10.1 Å². The van der Waals surface area contributed by atoms with Gasteiger partial charge >= 0.3 is 5.97 Å². The topological polar surface area (TPSA) is 90.7 Å². The van der Waals surface area contributed by atoms with Gasteiger partial charge in [-0.2, -0.15) is 0 Å². The molecule has 120 valence electrons. The second kappa shape index (κ2) is 7.26. The molecule has 0 bridgehead atoms. The monoisotopic (exact) mass is 316 g/mol. The number of nitro groups is 1. The number of esters is 1. The zero-order valence-electron chi connectivity index (χ0n) is 12.7. The summed E-state index contributed by atoms with van der Waals surface area (Å²) in [7, 11) is 2.59. The van der Waals surface area contributed by atoms with E-state index in [1.807, 2.05) is 30.3 Å². The summed E-state index contributed by atoms with van der Waals surface area (Å²) in [5.41, 5.74) is 1.02. The van der Waals surface area contributed by atoms with Crippen molar-refractivity contribution in [3.05, 3.63) is 63.7 Å². The summed E-state index contributed by atoms with van der Waals surface area (Å²) in [4.78, 5) is 22.4. The lowest BCUT2D eigenvalue weighted by Crippen LogP contribution is -2.08. The largest absolute Gasteiger partial charge is 0.496 e. The zero-order valence-corrected chi connectivity index (χ0v) is 12.7. The molecule has 0 amide bonds. The maximum atomic E-state index is 11.7. The van der Waals surface area contributed by atoms with Crippen LogP contribution in [-0.2, 0) is 11.3 Å². The summed E-state index contributed by atoms with van der Waals surface area (Å²) in [6, 6.07) is 12.0. The lowest BCUT2D eigenvalue weighted by Gasteiger charge is -2.12. The number of methoxy groups -OCH3 is 2.